The summed E-state index contributed by atoms with van der Waals surface area (Å²) in [5.74, 6) is 0.258. The lowest BCUT2D eigenvalue weighted by Crippen LogP contribution is -2.37. The summed E-state index contributed by atoms with van der Waals surface area (Å²) in [5.41, 5.74) is 2.32. The fourth-order valence-electron chi connectivity index (χ4n) is 2.38. The summed E-state index contributed by atoms with van der Waals surface area (Å²) < 4.78 is 0. The average Bonchev–Trinajstić information content (AvgIpc) is 2.42. The molecule has 0 aliphatic rings. The van der Waals surface area contributed by atoms with Gasteiger partial charge in [-0.05, 0) is 44.5 Å². The molecular formula is C17H29N3O2. The first kappa shape index (κ1) is 18.5. The summed E-state index contributed by atoms with van der Waals surface area (Å²) >= 11 is 0. The zero-order valence-corrected chi connectivity index (χ0v) is 14.1. The number of urea groups is 1. The Morgan fingerprint density at radius 2 is 1.91 bits per heavy atom. The lowest BCUT2D eigenvalue weighted by Gasteiger charge is -2.15. The molecule has 0 radical (unpaired) electrons. The van der Waals surface area contributed by atoms with Gasteiger partial charge in [0.15, 0.2) is 0 Å². The van der Waals surface area contributed by atoms with Crippen LogP contribution in [0.15, 0.2) is 24.3 Å². The maximum atomic E-state index is 11.8. The molecule has 1 aromatic carbocycles. The Bertz CT molecular complexity index is 461. The van der Waals surface area contributed by atoms with E-state index in [0.29, 0.717) is 19.5 Å². The first-order valence-electron chi connectivity index (χ1n) is 7.79. The van der Waals surface area contributed by atoms with Gasteiger partial charge in [0.25, 0.3) is 0 Å². The van der Waals surface area contributed by atoms with Crippen LogP contribution < -0.4 is 10.6 Å². The molecule has 0 aliphatic heterocycles. The van der Waals surface area contributed by atoms with E-state index >= 15 is 0 Å². The second kappa shape index (κ2) is 9.43. The molecule has 2 unspecified atom stereocenters. The van der Waals surface area contributed by atoms with Gasteiger partial charge >= 0.3 is 6.03 Å². The summed E-state index contributed by atoms with van der Waals surface area (Å²) in [6.07, 6.45) is 0.353. The van der Waals surface area contributed by atoms with E-state index < -0.39 is 0 Å². The van der Waals surface area contributed by atoms with Crippen LogP contribution in [0.4, 0.5) is 4.79 Å². The van der Waals surface area contributed by atoms with Crippen LogP contribution in [0, 0.1) is 5.92 Å². The summed E-state index contributed by atoms with van der Waals surface area (Å²) in [6, 6.07) is 8.04. The molecule has 0 fully saturated rings. The van der Waals surface area contributed by atoms with Gasteiger partial charge in [0.05, 0.1) is 6.10 Å². The van der Waals surface area contributed by atoms with Gasteiger partial charge in [0, 0.05) is 19.6 Å². The molecule has 124 valence electrons. The summed E-state index contributed by atoms with van der Waals surface area (Å²) in [7, 11) is 4.07. The van der Waals surface area contributed by atoms with Gasteiger partial charge in [-0.2, -0.15) is 0 Å². The molecule has 0 aromatic heterocycles. The Balaban J connectivity index is 2.34. The fourth-order valence-corrected chi connectivity index (χ4v) is 2.38. The number of carbonyl (C=O) groups excluding carboxylic acids is 1. The third-order valence-electron chi connectivity index (χ3n) is 3.30. The highest BCUT2D eigenvalue weighted by Gasteiger charge is 2.08. The van der Waals surface area contributed by atoms with Crippen molar-refractivity contribution in [3.05, 3.63) is 35.4 Å². The molecular weight excluding hydrogens is 278 g/mol. The molecule has 1 aromatic rings. The molecule has 0 heterocycles. The lowest BCUT2D eigenvalue weighted by atomic mass is 10.1. The van der Waals surface area contributed by atoms with E-state index in [2.05, 4.69) is 27.7 Å². The summed E-state index contributed by atoms with van der Waals surface area (Å²) in [6.45, 7) is 5.74. The Kier molecular flexibility index (Phi) is 7.91. The van der Waals surface area contributed by atoms with Crippen molar-refractivity contribution in [3.63, 3.8) is 0 Å². The van der Waals surface area contributed by atoms with Crippen molar-refractivity contribution < 1.29 is 9.90 Å². The molecule has 3 N–H and O–H groups in total. The molecule has 0 spiro atoms. The van der Waals surface area contributed by atoms with E-state index in [1.54, 1.807) is 6.92 Å². The Morgan fingerprint density at radius 3 is 2.55 bits per heavy atom. The molecule has 0 bridgehead atoms. The predicted molar refractivity (Wildman–Crippen MR) is 89.5 cm³/mol. The summed E-state index contributed by atoms with van der Waals surface area (Å²) in [5, 5.41) is 15.0. The molecule has 0 saturated heterocycles. The first-order valence-corrected chi connectivity index (χ1v) is 7.79. The highest BCUT2D eigenvalue weighted by molar-refractivity contribution is 5.73. The molecule has 5 heteroatoms. The molecule has 2 atom stereocenters. The summed E-state index contributed by atoms with van der Waals surface area (Å²) in [4.78, 5) is 13.9. The normalized spacial score (nSPS) is 13.7. The third-order valence-corrected chi connectivity index (χ3v) is 3.30. The second-order valence-corrected chi connectivity index (χ2v) is 6.31. The molecule has 0 aliphatic carbocycles. The van der Waals surface area contributed by atoms with Gasteiger partial charge in [0.1, 0.15) is 0 Å². The van der Waals surface area contributed by atoms with E-state index in [1.807, 2.05) is 33.2 Å². The van der Waals surface area contributed by atoms with Crippen LogP contribution in [0.5, 0.6) is 0 Å². The number of hydrogen-bond acceptors (Lipinski definition) is 3. The van der Waals surface area contributed by atoms with Crippen molar-refractivity contribution in [2.75, 3.05) is 20.6 Å². The van der Waals surface area contributed by atoms with Crippen molar-refractivity contribution in [1.29, 1.82) is 0 Å². The van der Waals surface area contributed by atoms with E-state index in [4.69, 9.17) is 0 Å². The van der Waals surface area contributed by atoms with Crippen molar-refractivity contribution >= 4 is 6.03 Å². The van der Waals surface area contributed by atoms with Crippen LogP contribution in [0.25, 0.3) is 0 Å². The van der Waals surface area contributed by atoms with E-state index in [9.17, 15) is 9.90 Å². The van der Waals surface area contributed by atoms with Gasteiger partial charge in [0.2, 0.25) is 0 Å². The standard InChI is InChI=1S/C17H29N3O2/c1-13(8-14(2)21)10-18-17(22)19-11-15-6-5-7-16(9-15)12-20(3)4/h5-7,9,13-14,21H,8,10-12H2,1-4H3,(H2,18,19,22). The van der Waals surface area contributed by atoms with Crippen LogP contribution in [-0.2, 0) is 13.1 Å². The number of nitrogens with zero attached hydrogens (tertiary/aromatic N) is 1. The number of hydrogen-bond donors (Lipinski definition) is 3. The van der Waals surface area contributed by atoms with Crippen LogP contribution in [0.2, 0.25) is 0 Å². The van der Waals surface area contributed by atoms with Gasteiger partial charge < -0.3 is 20.6 Å². The predicted octanol–water partition coefficient (Wildman–Crippen LogP) is 1.95. The number of aliphatic hydroxyl groups excluding tert-OH is 1. The molecule has 0 saturated carbocycles. The van der Waals surface area contributed by atoms with Gasteiger partial charge in [-0.25, -0.2) is 4.79 Å². The smallest absolute Gasteiger partial charge is 0.315 e. The van der Waals surface area contributed by atoms with E-state index in [0.717, 1.165) is 12.1 Å². The first-order chi connectivity index (χ1) is 10.4. The maximum absolute atomic E-state index is 11.8. The largest absolute Gasteiger partial charge is 0.393 e. The van der Waals surface area contributed by atoms with Crippen molar-refractivity contribution in [2.45, 2.75) is 39.5 Å². The van der Waals surface area contributed by atoms with E-state index in [1.165, 1.54) is 5.56 Å². The average molecular weight is 307 g/mol. The molecule has 1 rings (SSSR count). The number of rotatable bonds is 8. The Hall–Kier alpha value is -1.59. The number of amides is 2. The number of aliphatic hydroxyl groups is 1. The SMILES string of the molecule is CC(O)CC(C)CNC(=O)NCc1cccc(CN(C)C)c1. The lowest BCUT2D eigenvalue weighted by molar-refractivity contribution is 0.163. The minimum absolute atomic E-state index is 0.171. The quantitative estimate of drug-likeness (QED) is 0.688. The second-order valence-electron chi connectivity index (χ2n) is 6.31. The monoisotopic (exact) mass is 307 g/mol. The van der Waals surface area contributed by atoms with Gasteiger partial charge in [-0.15, -0.1) is 0 Å². The van der Waals surface area contributed by atoms with E-state index in [-0.39, 0.29) is 18.1 Å². The third kappa shape index (κ3) is 8.00. The Morgan fingerprint density at radius 1 is 1.23 bits per heavy atom. The topological polar surface area (TPSA) is 64.6 Å². The maximum Gasteiger partial charge on any atom is 0.315 e. The molecule has 22 heavy (non-hydrogen) atoms. The number of carbonyl (C=O) groups is 1. The van der Waals surface area contributed by atoms with Crippen molar-refractivity contribution in [3.8, 4) is 0 Å². The molecule has 5 nitrogen and oxygen atoms in total. The zero-order chi connectivity index (χ0) is 16.5. The number of nitrogens with one attached hydrogen (secondary N) is 2. The minimum Gasteiger partial charge on any atom is -0.393 e. The molecule has 2 amide bonds. The van der Waals surface area contributed by atoms with Crippen LogP contribution in [0.1, 0.15) is 31.4 Å². The zero-order valence-electron chi connectivity index (χ0n) is 14.1. The highest BCUT2D eigenvalue weighted by Crippen LogP contribution is 2.07. The van der Waals surface area contributed by atoms with Gasteiger partial charge in [-0.1, -0.05) is 31.2 Å². The number of benzene rings is 1. The van der Waals surface area contributed by atoms with Gasteiger partial charge in [-0.3, -0.25) is 0 Å². The van der Waals surface area contributed by atoms with Crippen LogP contribution in [-0.4, -0.2) is 42.8 Å². The fraction of sp³-hybridized carbons (Fsp3) is 0.588. The van der Waals surface area contributed by atoms with Crippen molar-refractivity contribution in [2.24, 2.45) is 5.92 Å². The van der Waals surface area contributed by atoms with Crippen molar-refractivity contribution in [1.82, 2.24) is 15.5 Å². The minimum atomic E-state index is -0.334. The highest BCUT2D eigenvalue weighted by atomic mass is 16.3. The van der Waals surface area contributed by atoms with Crippen LogP contribution >= 0.6 is 0 Å². The Labute approximate surface area is 133 Å². The van der Waals surface area contributed by atoms with Crippen LogP contribution in [0.3, 0.4) is 0 Å².